The Bertz CT molecular complexity index is 865. The maximum Gasteiger partial charge on any atom is 0.263 e. The predicted molar refractivity (Wildman–Crippen MR) is 84.8 cm³/mol. The molecular weight excluding hydrogens is 373 g/mol. The van der Waals surface area contributed by atoms with Crippen LogP contribution in [0.3, 0.4) is 0 Å². The number of ether oxygens (including phenoxy) is 1. The Morgan fingerprint density at radius 1 is 1.18 bits per heavy atom. The molecule has 0 aliphatic carbocycles. The predicted octanol–water partition coefficient (Wildman–Crippen LogP) is 3.84. The van der Waals surface area contributed by atoms with Crippen molar-refractivity contribution in [1.29, 1.82) is 0 Å². The summed E-state index contributed by atoms with van der Waals surface area (Å²) in [5, 5.41) is 0. The van der Waals surface area contributed by atoms with E-state index in [0.29, 0.717) is 11.4 Å². The van der Waals surface area contributed by atoms with Gasteiger partial charge in [-0.05, 0) is 58.3 Å². The molecule has 0 saturated heterocycles. The van der Waals surface area contributed by atoms with E-state index < -0.39 is 15.8 Å². The molecule has 0 saturated carbocycles. The maximum absolute atomic E-state index is 13.1. The van der Waals surface area contributed by atoms with Gasteiger partial charge in [0.25, 0.3) is 10.0 Å². The molecule has 2 aromatic carbocycles. The van der Waals surface area contributed by atoms with Gasteiger partial charge in [0.05, 0.1) is 11.9 Å². The monoisotopic (exact) mass is 383 g/mol. The van der Waals surface area contributed by atoms with Crippen LogP contribution in [0.2, 0.25) is 0 Å². The molecule has 1 aliphatic rings. The van der Waals surface area contributed by atoms with E-state index in [1.807, 2.05) is 6.08 Å². The minimum atomic E-state index is -3.82. The number of fused-ring (bicyclic) bond motifs is 1. The van der Waals surface area contributed by atoms with Crippen LogP contribution in [0.4, 0.5) is 10.1 Å². The van der Waals surface area contributed by atoms with Crippen LogP contribution in [0.15, 0.2) is 58.1 Å². The maximum atomic E-state index is 13.1. The highest BCUT2D eigenvalue weighted by atomic mass is 79.9. The first-order valence-corrected chi connectivity index (χ1v) is 8.66. The van der Waals surface area contributed by atoms with Crippen molar-refractivity contribution < 1.29 is 17.5 Å². The largest absolute Gasteiger partial charge is 0.465 e. The first kappa shape index (κ1) is 15.1. The molecule has 0 aromatic heterocycles. The van der Waals surface area contributed by atoms with Gasteiger partial charge in [0.2, 0.25) is 0 Å². The molecule has 7 heteroatoms. The van der Waals surface area contributed by atoms with Crippen molar-refractivity contribution in [3.8, 4) is 5.75 Å². The van der Waals surface area contributed by atoms with E-state index in [0.717, 1.165) is 24.1 Å². The SMILES string of the molecule is O=S(=O)(Nc1ccc2c(c1)OC=CC2)c1ccc(F)cc1Br. The third kappa shape index (κ3) is 3.00. The molecule has 3 rings (SSSR count). The van der Waals surface area contributed by atoms with Crippen LogP contribution in [0.1, 0.15) is 5.56 Å². The topological polar surface area (TPSA) is 55.4 Å². The van der Waals surface area contributed by atoms with Crippen molar-refractivity contribution in [2.75, 3.05) is 4.72 Å². The summed E-state index contributed by atoms with van der Waals surface area (Å²) in [5.74, 6) is 0.0978. The first-order valence-electron chi connectivity index (χ1n) is 6.38. The highest BCUT2D eigenvalue weighted by molar-refractivity contribution is 9.10. The molecule has 22 heavy (non-hydrogen) atoms. The number of benzene rings is 2. The van der Waals surface area contributed by atoms with E-state index >= 15 is 0 Å². The van der Waals surface area contributed by atoms with E-state index in [1.54, 1.807) is 24.5 Å². The van der Waals surface area contributed by atoms with E-state index in [4.69, 9.17) is 4.74 Å². The smallest absolute Gasteiger partial charge is 0.263 e. The zero-order valence-electron chi connectivity index (χ0n) is 11.2. The fourth-order valence-corrected chi connectivity index (χ4v) is 4.20. The molecule has 1 aliphatic heterocycles. The number of rotatable bonds is 3. The summed E-state index contributed by atoms with van der Waals surface area (Å²) in [6.45, 7) is 0. The third-order valence-electron chi connectivity index (χ3n) is 3.13. The van der Waals surface area contributed by atoms with Gasteiger partial charge in [-0.3, -0.25) is 4.72 Å². The van der Waals surface area contributed by atoms with Crippen molar-refractivity contribution in [1.82, 2.24) is 0 Å². The summed E-state index contributed by atoms with van der Waals surface area (Å²) >= 11 is 3.06. The van der Waals surface area contributed by atoms with Gasteiger partial charge < -0.3 is 4.74 Å². The molecule has 1 N–H and O–H groups in total. The minimum Gasteiger partial charge on any atom is -0.465 e. The molecule has 4 nitrogen and oxygen atoms in total. The number of sulfonamides is 1. The summed E-state index contributed by atoms with van der Waals surface area (Å²) in [6.07, 6.45) is 4.19. The van der Waals surface area contributed by atoms with Crippen molar-refractivity contribution in [3.63, 3.8) is 0 Å². The summed E-state index contributed by atoms with van der Waals surface area (Å²) in [5.41, 5.74) is 1.36. The Morgan fingerprint density at radius 2 is 2.00 bits per heavy atom. The average molecular weight is 384 g/mol. The lowest BCUT2D eigenvalue weighted by Crippen LogP contribution is -2.14. The van der Waals surface area contributed by atoms with Gasteiger partial charge in [-0.2, -0.15) is 0 Å². The molecular formula is C15H11BrFNO3S. The van der Waals surface area contributed by atoms with Crippen molar-refractivity contribution in [2.24, 2.45) is 0 Å². The second kappa shape index (κ2) is 5.73. The fraction of sp³-hybridized carbons (Fsp3) is 0.0667. The summed E-state index contributed by atoms with van der Waals surface area (Å²) in [4.78, 5) is -0.0348. The number of hydrogen-bond acceptors (Lipinski definition) is 3. The van der Waals surface area contributed by atoms with Crippen LogP contribution >= 0.6 is 15.9 Å². The molecule has 0 fully saturated rings. The Kier molecular flexibility index (Phi) is 3.92. The van der Waals surface area contributed by atoms with E-state index in [9.17, 15) is 12.8 Å². The van der Waals surface area contributed by atoms with Crippen LogP contribution < -0.4 is 9.46 Å². The van der Waals surface area contributed by atoms with Gasteiger partial charge in [0, 0.05) is 10.5 Å². The molecule has 0 atom stereocenters. The molecule has 2 aromatic rings. The summed E-state index contributed by atoms with van der Waals surface area (Å²) in [6, 6.07) is 8.50. The van der Waals surface area contributed by atoms with Gasteiger partial charge in [-0.15, -0.1) is 0 Å². The quantitative estimate of drug-likeness (QED) is 0.875. The number of nitrogens with one attached hydrogen (secondary N) is 1. The highest BCUT2D eigenvalue weighted by Crippen LogP contribution is 2.29. The van der Waals surface area contributed by atoms with Gasteiger partial charge >= 0.3 is 0 Å². The van der Waals surface area contributed by atoms with Gasteiger partial charge in [-0.1, -0.05) is 6.07 Å². The van der Waals surface area contributed by atoms with Crippen LogP contribution in [0, 0.1) is 5.82 Å². The van der Waals surface area contributed by atoms with Crippen molar-refractivity contribution in [2.45, 2.75) is 11.3 Å². The standard InChI is InChI=1S/C15H11BrFNO3S/c16-13-8-11(17)4-6-15(13)22(19,20)18-12-5-3-10-2-1-7-21-14(10)9-12/h1,3-9,18H,2H2. The lowest BCUT2D eigenvalue weighted by Gasteiger charge is -2.14. The minimum absolute atomic E-state index is 0.0348. The van der Waals surface area contributed by atoms with Crippen LogP contribution in [-0.4, -0.2) is 8.42 Å². The Morgan fingerprint density at radius 3 is 2.77 bits per heavy atom. The number of anilines is 1. The van der Waals surface area contributed by atoms with Crippen LogP contribution in [-0.2, 0) is 16.4 Å². The second-order valence-corrected chi connectivity index (χ2v) is 7.20. The lowest BCUT2D eigenvalue weighted by atomic mass is 10.1. The third-order valence-corrected chi connectivity index (χ3v) is 5.49. The van der Waals surface area contributed by atoms with Crippen LogP contribution in [0.25, 0.3) is 0 Å². The Labute approximate surface area is 135 Å². The molecule has 0 amide bonds. The average Bonchev–Trinajstić information content (AvgIpc) is 2.46. The Hall–Kier alpha value is -1.86. The molecule has 0 radical (unpaired) electrons. The molecule has 0 unspecified atom stereocenters. The number of hydrogen-bond donors (Lipinski definition) is 1. The highest BCUT2D eigenvalue weighted by Gasteiger charge is 2.19. The van der Waals surface area contributed by atoms with Gasteiger partial charge in [-0.25, -0.2) is 12.8 Å². The van der Waals surface area contributed by atoms with E-state index in [-0.39, 0.29) is 9.37 Å². The second-order valence-electron chi connectivity index (χ2n) is 4.70. The van der Waals surface area contributed by atoms with Gasteiger partial charge in [0.15, 0.2) is 0 Å². The van der Waals surface area contributed by atoms with Crippen LogP contribution in [0.5, 0.6) is 5.75 Å². The Balaban J connectivity index is 1.92. The van der Waals surface area contributed by atoms with Crippen molar-refractivity contribution >= 4 is 31.6 Å². The zero-order chi connectivity index (χ0) is 15.7. The zero-order valence-corrected chi connectivity index (χ0v) is 13.6. The number of allylic oxidation sites excluding steroid dienone is 1. The first-order chi connectivity index (χ1) is 10.5. The fourth-order valence-electron chi connectivity index (χ4n) is 2.10. The molecule has 0 bridgehead atoms. The summed E-state index contributed by atoms with van der Waals surface area (Å²) < 4.78 is 45.8. The molecule has 1 heterocycles. The normalized spacial score (nSPS) is 13.4. The van der Waals surface area contributed by atoms with Crippen molar-refractivity contribution in [3.05, 3.63) is 64.6 Å². The number of halogens is 2. The molecule has 0 spiro atoms. The van der Waals surface area contributed by atoms with E-state index in [1.165, 1.54) is 6.07 Å². The lowest BCUT2D eigenvalue weighted by molar-refractivity contribution is 0.465. The molecule has 114 valence electrons. The van der Waals surface area contributed by atoms with Gasteiger partial charge in [0.1, 0.15) is 16.5 Å². The van der Waals surface area contributed by atoms with E-state index in [2.05, 4.69) is 20.7 Å². The summed E-state index contributed by atoms with van der Waals surface area (Å²) in [7, 11) is -3.82.